The van der Waals surface area contributed by atoms with E-state index in [1.165, 1.54) is 41.1 Å². The van der Waals surface area contributed by atoms with Crippen LogP contribution in [-0.2, 0) is 26.0 Å². The zero-order valence-electron chi connectivity index (χ0n) is 14.6. The third kappa shape index (κ3) is 4.75. The van der Waals surface area contributed by atoms with E-state index in [2.05, 4.69) is 5.10 Å². The van der Waals surface area contributed by atoms with Crippen LogP contribution in [0.15, 0.2) is 30.3 Å². The molecule has 1 aliphatic rings. The number of nitrogens with zero attached hydrogens (tertiary/aromatic N) is 2. The topological polar surface area (TPSA) is 78.3 Å². The highest BCUT2D eigenvalue weighted by molar-refractivity contribution is 7.91. The number of esters is 1. The highest BCUT2D eigenvalue weighted by atomic mass is 35.5. The van der Waals surface area contributed by atoms with E-state index in [0.717, 1.165) is 0 Å². The molecule has 0 amide bonds. The number of ether oxygens (including phenoxy) is 1. The summed E-state index contributed by atoms with van der Waals surface area (Å²) in [6.07, 6.45) is 3.19. The van der Waals surface area contributed by atoms with Gasteiger partial charge in [-0.05, 0) is 37.1 Å². The molecular weight excluding hydrogens is 395 g/mol. The molecular formula is C18H18ClFN2O4S. The van der Waals surface area contributed by atoms with E-state index >= 15 is 0 Å². The Labute approximate surface area is 161 Å². The molecule has 0 radical (unpaired) electrons. The second-order valence-corrected chi connectivity index (χ2v) is 8.95. The molecule has 0 saturated carbocycles. The fraction of sp³-hybridized carbons (Fsp3) is 0.333. The standard InChI is InChI=1S/C18H18ClFN2O4S/c1-12-16(18(19)22(21-12)15-8-9-27(24,25)11-15)6-7-17(23)26-10-13-2-4-14(20)5-3-13/h2-7,15H,8-11H2,1H3/b7-6+/t15-/m1/s1. The molecule has 0 unspecified atom stereocenters. The first-order chi connectivity index (χ1) is 12.7. The van der Waals surface area contributed by atoms with E-state index in [1.807, 2.05) is 0 Å². The van der Waals surface area contributed by atoms with Crippen molar-refractivity contribution in [2.45, 2.75) is 26.0 Å². The van der Waals surface area contributed by atoms with Crippen molar-refractivity contribution < 1.29 is 22.3 Å². The molecule has 2 aromatic rings. The number of sulfone groups is 1. The zero-order chi connectivity index (χ0) is 19.6. The van der Waals surface area contributed by atoms with E-state index in [0.29, 0.717) is 23.2 Å². The van der Waals surface area contributed by atoms with Gasteiger partial charge in [0.05, 0.1) is 23.2 Å². The van der Waals surface area contributed by atoms with Crippen LogP contribution in [-0.4, -0.2) is 35.7 Å². The van der Waals surface area contributed by atoms with E-state index < -0.39 is 15.8 Å². The van der Waals surface area contributed by atoms with Gasteiger partial charge in [-0.3, -0.25) is 0 Å². The Kier molecular flexibility index (Phi) is 5.67. The Morgan fingerprint density at radius 2 is 2.11 bits per heavy atom. The lowest BCUT2D eigenvalue weighted by molar-refractivity contribution is -0.138. The molecule has 0 aliphatic carbocycles. The second-order valence-electron chi connectivity index (χ2n) is 6.36. The summed E-state index contributed by atoms with van der Waals surface area (Å²) in [6.45, 7) is 1.75. The molecule has 0 spiro atoms. The Hall–Kier alpha value is -2.19. The summed E-state index contributed by atoms with van der Waals surface area (Å²) in [5.74, 6) is -0.807. The molecule has 0 bridgehead atoms. The Balaban J connectivity index is 1.66. The van der Waals surface area contributed by atoms with Gasteiger partial charge in [0.15, 0.2) is 9.84 Å². The van der Waals surface area contributed by atoms with Gasteiger partial charge in [0.2, 0.25) is 0 Å². The SMILES string of the molecule is Cc1nn([C@@H]2CCS(=O)(=O)C2)c(Cl)c1/C=C/C(=O)OCc1ccc(F)cc1. The van der Waals surface area contributed by atoms with Crippen molar-refractivity contribution in [3.8, 4) is 0 Å². The molecule has 1 aliphatic heterocycles. The van der Waals surface area contributed by atoms with Gasteiger partial charge in [-0.2, -0.15) is 5.10 Å². The van der Waals surface area contributed by atoms with Crippen molar-refractivity contribution in [1.29, 1.82) is 0 Å². The number of rotatable bonds is 5. The fourth-order valence-electron chi connectivity index (χ4n) is 2.87. The minimum atomic E-state index is -3.06. The highest BCUT2D eigenvalue weighted by Crippen LogP contribution is 2.30. The van der Waals surface area contributed by atoms with Crippen molar-refractivity contribution in [2.75, 3.05) is 11.5 Å². The number of aryl methyl sites for hydroxylation is 1. The van der Waals surface area contributed by atoms with Crippen molar-refractivity contribution in [1.82, 2.24) is 9.78 Å². The van der Waals surface area contributed by atoms with Crippen molar-refractivity contribution in [3.63, 3.8) is 0 Å². The van der Waals surface area contributed by atoms with Crippen LogP contribution in [0, 0.1) is 12.7 Å². The number of hydrogen-bond acceptors (Lipinski definition) is 5. The first-order valence-corrected chi connectivity index (χ1v) is 10.5. The number of carbonyl (C=O) groups excluding carboxylic acids is 1. The van der Waals surface area contributed by atoms with Crippen LogP contribution in [0.1, 0.15) is 29.3 Å². The third-order valence-corrected chi connectivity index (χ3v) is 6.43. The smallest absolute Gasteiger partial charge is 0.331 e. The van der Waals surface area contributed by atoms with Gasteiger partial charge >= 0.3 is 5.97 Å². The van der Waals surface area contributed by atoms with Crippen LogP contribution in [0.2, 0.25) is 5.15 Å². The number of carbonyl (C=O) groups is 1. The molecule has 27 heavy (non-hydrogen) atoms. The van der Waals surface area contributed by atoms with Crippen molar-refractivity contribution >= 4 is 33.5 Å². The van der Waals surface area contributed by atoms with Crippen LogP contribution in [0.4, 0.5) is 4.39 Å². The summed E-state index contributed by atoms with van der Waals surface area (Å²) in [6, 6.07) is 5.35. The Bertz CT molecular complexity index is 984. The van der Waals surface area contributed by atoms with Gasteiger partial charge in [0, 0.05) is 11.6 Å². The predicted molar refractivity (Wildman–Crippen MR) is 99.5 cm³/mol. The largest absolute Gasteiger partial charge is 0.458 e. The van der Waals surface area contributed by atoms with Crippen LogP contribution in [0.5, 0.6) is 0 Å². The lowest BCUT2D eigenvalue weighted by Gasteiger charge is -2.09. The third-order valence-electron chi connectivity index (χ3n) is 4.31. The molecule has 1 atom stereocenters. The summed E-state index contributed by atoms with van der Waals surface area (Å²) in [4.78, 5) is 11.9. The molecule has 1 aromatic heterocycles. The molecule has 144 valence electrons. The van der Waals surface area contributed by atoms with Gasteiger partial charge in [-0.1, -0.05) is 23.7 Å². The van der Waals surface area contributed by atoms with Crippen molar-refractivity contribution in [3.05, 3.63) is 58.1 Å². The van der Waals surface area contributed by atoms with E-state index in [-0.39, 0.29) is 35.1 Å². The maximum Gasteiger partial charge on any atom is 0.331 e. The molecule has 9 heteroatoms. The van der Waals surface area contributed by atoms with Gasteiger partial charge in [0.1, 0.15) is 17.6 Å². The summed E-state index contributed by atoms with van der Waals surface area (Å²) >= 11 is 6.34. The maximum absolute atomic E-state index is 12.9. The maximum atomic E-state index is 12.9. The van der Waals surface area contributed by atoms with Gasteiger partial charge < -0.3 is 4.74 Å². The normalized spacial score (nSPS) is 18.9. The molecule has 1 fully saturated rings. The summed E-state index contributed by atoms with van der Waals surface area (Å²) < 4.78 is 42.8. The average molecular weight is 413 g/mol. The monoisotopic (exact) mass is 412 g/mol. The van der Waals surface area contributed by atoms with Gasteiger partial charge in [0.25, 0.3) is 0 Å². The zero-order valence-corrected chi connectivity index (χ0v) is 16.1. The highest BCUT2D eigenvalue weighted by Gasteiger charge is 2.31. The van der Waals surface area contributed by atoms with E-state index in [1.54, 1.807) is 6.92 Å². The molecule has 0 N–H and O–H groups in total. The fourth-order valence-corrected chi connectivity index (χ4v) is 4.93. The number of hydrogen-bond donors (Lipinski definition) is 0. The summed E-state index contributed by atoms with van der Waals surface area (Å²) in [7, 11) is -3.06. The van der Waals surface area contributed by atoms with E-state index in [9.17, 15) is 17.6 Å². The van der Waals surface area contributed by atoms with Crippen LogP contribution >= 0.6 is 11.6 Å². The first-order valence-electron chi connectivity index (χ1n) is 8.29. The van der Waals surface area contributed by atoms with Crippen molar-refractivity contribution in [2.24, 2.45) is 0 Å². The number of aromatic nitrogens is 2. The minimum Gasteiger partial charge on any atom is -0.458 e. The molecule has 1 aromatic carbocycles. The first kappa shape index (κ1) is 19.6. The number of benzene rings is 1. The molecule has 6 nitrogen and oxygen atoms in total. The number of halogens is 2. The second kappa shape index (κ2) is 7.82. The van der Waals surface area contributed by atoms with Gasteiger partial charge in [-0.25, -0.2) is 22.3 Å². The molecule has 3 rings (SSSR count). The average Bonchev–Trinajstić information content (AvgIpc) is 3.11. The van der Waals surface area contributed by atoms with Crippen LogP contribution in [0.3, 0.4) is 0 Å². The summed E-state index contributed by atoms with van der Waals surface area (Å²) in [5, 5.41) is 4.61. The predicted octanol–water partition coefficient (Wildman–Crippen LogP) is 3.10. The lowest BCUT2D eigenvalue weighted by atomic mass is 10.2. The lowest BCUT2D eigenvalue weighted by Crippen LogP contribution is -2.12. The molecule has 2 heterocycles. The van der Waals surface area contributed by atoms with E-state index in [4.69, 9.17) is 16.3 Å². The summed E-state index contributed by atoms with van der Waals surface area (Å²) in [5.41, 5.74) is 1.80. The Morgan fingerprint density at radius 3 is 2.74 bits per heavy atom. The quantitative estimate of drug-likeness (QED) is 0.557. The van der Waals surface area contributed by atoms with Gasteiger partial charge in [-0.15, -0.1) is 0 Å². The van der Waals surface area contributed by atoms with Crippen LogP contribution in [0.25, 0.3) is 6.08 Å². The molecule has 1 saturated heterocycles. The van der Waals surface area contributed by atoms with Crippen LogP contribution < -0.4 is 0 Å². The minimum absolute atomic E-state index is 0.0106. The Morgan fingerprint density at radius 1 is 1.41 bits per heavy atom.